The lowest BCUT2D eigenvalue weighted by Crippen LogP contribution is -2.83. The first kappa shape index (κ1) is 21.5. The van der Waals surface area contributed by atoms with Gasteiger partial charge in [0.15, 0.2) is 18.2 Å². The molecule has 1 amide bonds. The van der Waals surface area contributed by atoms with Gasteiger partial charge in [-0.3, -0.25) is 4.79 Å². The van der Waals surface area contributed by atoms with Gasteiger partial charge in [0, 0.05) is 28.7 Å². The summed E-state index contributed by atoms with van der Waals surface area (Å²) in [6.45, 7) is 0.852. The van der Waals surface area contributed by atoms with Gasteiger partial charge in [0.2, 0.25) is 0 Å². The lowest BCUT2D eigenvalue weighted by atomic mass is 9.44. The van der Waals surface area contributed by atoms with E-state index in [1.807, 2.05) is 0 Å². The molecular formula is C21H20Cl3FN2O3. The van der Waals surface area contributed by atoms with E-state index in [0.717, 1.165) is 19.3 Å². The Morgan fingerprint density at radius 1 is 1.00 bits per heavy atom. The molecule has 2 N–H and O–H groups in total. The highest BCUT2D eigenvalue weighted by Gasteiger charge is 2.68. The maximum absolute atomic E-state index is 13.7. The van der Waals surface area contributed by atoms with Crippen LogP contribution in [0.4, 0.5) is 4.39 Å². The maximum atomic E-state index is 13.7. The van der Waals surface area contributed by atoms with Crippen LogP contribution in [0.25, 0.3) is 0 Å². The van der Waals surface area contributed by atoms with E-state index in [0.29, 0.717) is 34.0 Å². The molecule has 3 aliphatic rings. The first-order valence-electron chi connectivity index (χ1n) is 9.50. The first-order valence-corrected chi connectivity index (χ1v) is 10.6. The molecule has 3 fully saturated rings. The van der Waals surface area contributed by atoms with Crippen LogP contribution in [0.5, 0.6) is 11.5 Å². The van der Waals surface area contributed by atoms with E-state index in [1.54, 1.807) is 24.3 Å². The van der Waals surface area contributed by atoms with Crippen LogP contribution < -0.4 is 20.1 Å². The highest BCUT2D eigenvalue weighted by atomic mass is 35.5. The molecule has 0 saturated heterocycles. The Kier molecular flexibility index (Phi) is 6.04. The van der Waals surface area contributed by atoms with Crippen LogP contribution in [-0.2, 0) is 4.79 Å². The SMILES string of the molecule is O=C(COc1ccc(Cl)c(Cl)c1)NC12CC(NCCOc3ccc(Cl)cc3F)(C1)C2. The summed E-state index contributed by atoms with van der Waals surface area (Å²) in [4.78, 5) is 12.2. The smallest absolute Gasteiger partial charge is 0.258 e. The fourth-order valence-corrected chi connectivity index (χ4v) is 4.67. The molecule has 160 valence electrons. The molecule has 0 aliphatic heterocycles. The van der Waals surface area contributed by atoms with E-state index in [4.69, 9.17) is 44.3 Å². The lowest BCUT2D eigenvalue weighted by Gasteiger charge is -2.70. The van der Waals surface area contributed by atoms with Crippen molar-refractivity contribution in [1.29, 1.82) is 0 Å². The molecule has 0 unspecified atom stereocenters. The van der Waals surface area contributed by atoms with E-state index in [1.165, 1.54) is 12.1 Å². The number of nitrogens with one attached hydrogen (secondary N) is 2. The normalized spacial score (nSPS) is 23.9. The number of carbonyl (C=O) groups is 1. The molecule has 3 saturated carbocycles. The highest BCUT2D eigenvalue weighted by Crippen LogP contribution is 2.60. The Bertz CT molecular complexity index is 953. The molecule has 2 bridgehead atoms. The number of benzene rings is 2. The number of amides is 1. The average Bonchev–Trinajstić information content (AvgIpc) is 2.64. The van der Waals surface area contributed by atoms with E-state index in [-0.39, 0.29) is 29.3 Å². The summed E-state index contributed by atoms with van der Waals surface area (Å²) in [5, 5.41) is 7.65. The fraction of sp³-hybridized carbons (Fsp3) is 0.381. The largest absolute Gasteiger partial charge is 0.489 e. The topological polar surface area (TPSA) is 59.6 Å². The van der Waals surface area contributed by atoms with Crippen LogP contribution >= 0.6 is 34.8 Å². The zero-order valence-corrected chi connectivity index (χ0v) is 18.2. The molecule has 0 atom stereocenters. The number of halogens is 4. The molecule has 5 nitrogen and oxygen atoms in total. The van der Waals surface area contributed by atoms with Crippen LogP contribution in [0, 0.1) is 5.82 Å². The monoisotopic (exact) mass is 472 g/mol. The Labute approximate surface area is 188 Å². The quantitative estimate of drug-likeness (QED) is 0.522. The molecule has 2 aromatic rings. The zero-order valence-electron chi connectivity index (χ0n) is 15.9. The summed E-state index contributed by atoms with van der Waals surface area (Å²) < 4.78 is 24.6. The number of carbonyl (C=O) groups excluding carboxylic acids is 1. The number of hydrogen-bond acceptors (Lipinski definition) is 4. The van der Waals surface area contributed by atoms with Crippen molar-refractivity contribution in [2.24, 2.45) is 0 Å². The highest BCUT2D eigenvalue weighted by molar-refractivity contribution is 6.42. The van der Waals surface area contributed by atoms with Crippen molar-refractivity contribution in [2.45, 2.75) is 30.3 Å². The maximum Gasteiger partial charge on any atom is 0.258 e. The van der Waals surface area contributed by atoms with Crippen molar-refractivity contribution in [1.82, 2.24) is 10.6 Å². The second kappa shape index (κ2) is 8.42. The second-order valence-electron chi connectivity index (χ2n) is 7.85. The van der Waals surface area contributed by atoms with Gasteiger partial charge in [0.1, 0.15) is 12.4 Å². The predicted molar refractivity (Wildman–Crippen MR) is 114 cm³/mol. The van der Waals surface area contributed by atoms with Crippen molar-refractivity contribution in [3.05, 3.63) is 57.3 Å². The summed E-state index contributed by atoms with van der Waals surface area (Å²) in [5.41, 5.74) is -0.131. The Hall–Kier alpha value is -1.73. The van der Waals surface area contributed by atoms with Gasteiger partial charge in [-0.05, 0) is 49.6 Å². The van der Waals surface area contributed by atoms with Crippen molar-refractivity contribution >= 4 is 40.7 Å². The minimum absolute atomic E-state index is 0.0275. The number of rotatable bonds is 9. The third-order valence-electron chi connectivity index (χ3n) is 5.45. The van der Waals surface area contributed by atoms with Gasteiger partial charge in [-0.2, -0.15) is 0 Å². The Morgan fingerprint density at radius 2 is 1.77 bits per heavy atom. The molecule has 0 spiro atoms. The molecule has 9 heteroatoms. The average molecular weight is 474 g/mol. The summed E-state index contributed by atoms with van der Waals surface area (Å²) >= 11 is 17.5. The standard InChI is InChI=1S/C21H20Cl3FN2O3/c22-13-1-4-18(17(25)7-13)29-6-5-26-20-10-21(11-20,12-20)27-19(28)9-30-14-2-3-15(23)16(24)8-14/h1-4,7-8,26H,5-6,9-12H2,(H,27,28). The van der Waals surface area contributed by atoms with Gasteiger partial charge in [0.05, 0.1) is 10.0 Å². The van der Waals surface area contributed by atoms with Crippen LogP contribution in [0.3, 0.4) is 0 Å². The summed E-state index contributed by atoms with van der Waals surface area (Å²) in [7, 11) is 0. The minimum Gasteiger partial charge on any atom is -0.489 e. The lowest BCUT2D eigenvalue weighted by molar-refractivity contribution is -0.143. The van der Waals surface area contributed by atoms with Gasteiger partial charge in [0.25, 0.3) is 5.91 Å². The number of hydrogen-bond donors (Lipinski definition) is 2. The fourth-order valence-electron chi connectivity index (χ4n) is 4.22. The molecule has 5 rings (SSSR count). The van der Waals surface area contributed by atoms with E-state index in [2.05, 4.69) is 10.6 Å². The zero-order chi connectivity index (χ0) is 21.4. The van der Waals surface area contributed by atoms with Crippen molar-refractivity contribution < 1.29 is 18.7 Å². The second-order valence-corrected chi connectivity index (χ2v) is 9.10. The predicted octanol–water partition coefficient (Wildman–Crippen LogP) is 4.62. The summed E-state index contributed by atoms with van der Waals surface area (Å²) in [6.07, 6.45) is 2.56. The van der Waals surface area contributed by atoms with Crippen molar-refractivity contribution in [3.63, 3.8) is 0 Å². The third kappa shape index (κ3) is 4.62. The molecular weight excluding hydrogens is 454 g/mol. The summed E-state index contributed by atoms with van der Waals surface area (Å²) in [6, 6.07) is 9.20. The first-order chi connectivity index (χ1) is 14.3. The van der Waals surface area contributed by atoms with Crippen molar-refractivity contribution in [2.75, 3.05) is 19.8 Å². The Morgan fingerprint density at radius 3 is 2.47 bits per heavy atom. The molecule has 2 aromatic carbocycles. The minimum atomic E-state index is -0.474. The molecule has 0 aromatic heterocycles. The Balaban J connectivity index is 1.14. The van der Waals surface area contributed by atoms with E-state index in [9.17, 15) is 9.18 Å². The van der Waals surface area contributed by atoms with Crippen molar-refractivity contribution in [3.8, 4) is 11.5 Å². The van der Waals surface area contributed by atoms with E-state index < -0.39 is 5.82 Å². The van der Waals surface area contributed by atoms with E-state index >= 15 is 0 Å². The van der Waals surface area contributed by atoms with Gasteiger partial charge < -0.3 is 20.1 Å². The van der Waals surface area contributed by atoms with Gasteiger partial charge >= 0.3 is 0 Å². The molecule has 0 heterocycles. The van der Waals surface area contributed by atoms with Crippen LogP contribution in [0.1, 0.15) is 19.3 Å². The van der Waals surface area contributed by atoms with Crippen LogP contribution in [0.2, 0.25) is 15.1 Å². The molecule has 0 radical (unpaired) electrons. The van der Waals surface area contributed by atoms with Gasteiger partial charge in [-0.15, -0.1) is 0 Å². The summed E-state index contributed by atoms with van der Waals surface area (Å²) in [5.74, 6) is 0.0330. The molecule has 3 aliphatic carbocycles. The van der Waals surface area contributed by atoms with Crippen LogP contribution in [-0.4, -0.2) is 36.7 Å². The van der Waals surface area contributed by atoms with Gasteiger partial charge in [-0.25, -0.2) is 4.39 Å². The number of ether oxygens (including phenoxy) is 2. The molecule has 30 heavy (non-hydrogen) atoms. The third-order valence-corrected chi connectivity index (χ3v) is 6.42. The van der Waals surface area contributed by atoms with Crippen LogP contribution in [0.15, 0.2) is 36.4 Å². The van der Waals surface area contributed by atoms with Gasteiger partial charge in [-0.1, -0.05) is 34.8 Å².